The standard InChI is InChI=1S/C17H18N2O3S/c1-12-5-4-6-13(9-12)10-23-11-16(21)18-19-17(22)14-7-2-3-8-15(14)20/h2-9,20H,10-11H2,1H3,(H,18,21)(H,19,22). The Balaban J connectivity index is 1.73. The molecule has 0 aliphatic carbocycles. The van der Waals surface area contributed by atoms with Crippen molar-refractivity contribution in [3.8, 4) is 5.75 Å². The topological polar surface area (TPSA) is 78.4 Å². The van der Waals surface area contributed by atoms with E-state index in [0.717, 1.165) is 11.3 Å². The van der Waals surface area contributed by atoms with Crippen molar-refractivity contribution in [2.45, 2.75) is 12.7 Å². The predicted molar refractivity (Wildman–Crippen MR) is 91.1 cm³/mol. The number of hydrogen-bond donors (Lipinski definition) is 3. The molecule has 0 saturated heterocycles. The van der Waals surface area contributed by atoms with Gasteiger partial charge in [0.1, 0.15) is 5.75 Å². The first-order valence-electron chi connectivity index (χ1n) is 7.07. The van der Waals surface area contributed by atoms with Crippen molar-refractivity contribution in [2.75, 3.05) is 5.75 Å². The van der Waals surface area contributed by atoms with Crippen LogP contribution in [-0.4, -0.2) is 22.7 Å². The molecule has 0 spiro atoms. The lowest BCUT2D eigenvalue weighted by Crippen LogP contribution is -2.42. The lowest BCUT2D eigenvalue weighted by Gasteiger charge is -2.08. The number of benzene rings is 2. The van der Waals surface area contributed by atoms with E-state index in [1.807, 2.05) is 25.1 Å². The second-order valence-corrected chi connectivity index (χ2v) is 5.99. The average molecular weight is 330 g/mol. The van der Waals surface area contributed by atoms with Crippen LogP contribution in [0.15, 0.2) is 48.5 Å². The Bertz CT molecular complexity index is 704. The molecule has 0 unspecified atom stereocenters. The summed E-state index contributed by atoms with van der Waals surface area (Å²) in [7, 11) is 0. The molecule has 0 aliphatic heterocycles. The first-order chi connectivity index (χ1) is 11.1. The maximum Gasteiger partial charge on any atom is 0.273 e. The van der Waals surface area contributed by atoms with Gasteiger partial charge in [0.25, 0.3) is 5.91 Å². The smallest absolute Gasteiger partial charge is 0.273 e. The number of hydrogen-bond acceptors (Lipinski definition) is 4. The number of phenolic OH excluding ortho intramolecular Hbond substituents is 1. The van der Waals surface area contributed by atoms with Crippen LogP contribution in [0, 0.1) is 6.92 Å². The molecular weight excluding hydrogens is 312 g/mol. The van der Waals surface area contributed by atoms with Gasteiger partial charge >= 0.3 is 0 Å². The van der Waals surface area contributed by atoms with E-state index in [1.165, 1.54) is 29.5 Å². The summed E-state index contributed by atoms with van der Waals surface area (Å²) in [6.07, 6.45) is 0. The molecule has 23 heavy (non-hydrogen) atoms. The second kappa shape index (κ2) is 8.24. The normalized spacial score (nSPS) is 10.1. The van der Waals surface area contributed by atoms with Crippen LogP contribution in [-0.2, 0) is 10.5 Å². The van der Waals surface area contributed by atoms with Gasteiger partial charge in [-0.1, -0.05) is 42.0 Å². The molecule has 3 N–H and O–H groups in total. The molecule has 6 heteroatoms. The molecule has 0 heterocycles. The van der Waals surface area contributed by atoms with Crippen LogP contribution in [0.4, 0.5) is 0 Å². The van der Waals surface area contributed by atoms with Gasteiger partial charge in [0.15, 0.2) is 0 Å². The number of hydrazine groups is 1. The van der Waals surface area contributed by atoms with Gasteiger partial charge in [-0.25, -0.2) is 0 Å². The number of carbonyl (C=O) groups is 2. The predicted octanol–water partition coefficient (Wildman–Crippen LogP) is 2.40. The summed E-state index contributed by atoms with van der Waals surface area (Å²) < 4.78 is 0. The number of aryl methyl sites for hydroxylation is 1. The minimum absolute atomic E-state index is 0.111. The summed E-state index contributed by atoms with van der Waals surface area (Å²) in [6, 6.07) is 14.2. The largest absolute Gasteiger partial charge is 0.507 e. The van der Waals surface area contributed by atoms with Gasteiger partial charge in [-0.2, -0.15) is 0 Å². The van der Waals surface area contributed by atoms with Crippen LogP contribution in [0.5, 0.6) is 5.75 Å². The maximum absolute atomic E-state index is 11.8. The lowest BCUT2D eigenvalue weighted by atomic mass is 10.2. The zero-order chi connectivity index (χ0) is 16.7. The Morgan fingerprint density at radius 1 is 1.09 bits per heavy atom. The maximum atomic E-state index is 11.8. The summed E-state index contributed by atoms with van der Waals surface area (Å²) in [5.74, 6) is -0.0306. The Labute approximate surface area is 139 Å². The van der Waals surface area contributed by atoms with E-state index in [0.29, 0.717) is 0 Å². The fourth-order valence-corrected chi connectivity index (χ4v) is 2.73. The monoisotopic (exact) mass is 330 g/mol. The minimum Gasteiger partial charge on any atom is -0.507 e. The molecule has 0 bridgehead atoms. The van der Waals surface area contributed by atoms with E-state index >= 15 is 0 Å². The quantitative estimate of drug-likeness (QED) is 0.736. The van der Waals surface area contributed by atoms with Gasteiger partial charge in [0, 0.05) is 5.75 Å². The molecule has 0 radical (unpaired) electrons. The lowest BCUT2D eigenvalue weighted by molar-refractivity contribution is -0.119. The van der Waals surface area contributed by atoms with Crippen molar-refractivity contribution < 1.29 is 14.7 Å². The molecule has 0 aliphatic rings. The molecule has 0 atom stereocenters. The molecular formula is C17H18N2O3S. The molecule has 0 fully saturated rings. The third kappa shape index (κ3) is 5.34. The number of para-hydroxylation sites is 1. The number of amides is 2. The molecule has 5 nitrogen and oxygen atoms in total. The van der Waals surface area contributed by atoms with Crippen LogP contribution in [0.1, 0.15) is 21.5 Å². The van der Waals surface area contributed by atoms with Crippen LogP contribution in [0.3, 0.4) is 0 Å². The Kier molecular flexibility index (Phi) is 6.05. The molecule has 0 saturated carbocycles. The van der Waals surface area contributed by atoms with E-state index in [1.54, 1.807) is 12.1 Å². The van der Waals surface area contributed by atoms with Gasteiger partial charge in [0.2, 0.25) is 5.91 Å². The Morgan fingerprint density at radius 3 is 2.61 bits per heavy atom. The number of rotatable bonds is 5. The van der Waals surface area contributed by atoms with E-state index in [9.17, 15) is 14.7 Å². The first-order valence-corrected chi connectivity index (χ1v) is 8.22. The van der Waals surface area contributed by atoms with Gasteiger partial charge in [-0.3, -0.25) is 20.4 Å². The zero-order valence-corrected chi connectivity index (χ0v) is 13.5. The molecule has 0 aromatic heterocycles. The van der Waals surface area contributed by atoms with Gasteiger partial charge < -0.3 is 5.11 Å². The molecule has 2 aromatic carbocycles. The Morgan fingerprint density at radius 2 is 1.87 bits per heavy atom. The number of nitrogens with one attached hydrogen (secondary N) is 2. The van der Waals surface area contributed by atoms with Gasteiger partial charge in [-0.15, -0.1) is 11.8 Å². The third-order valence-electron chi connectivity index (χ3n) is 3.05. The van der Waals surface area contributed by atoms with Crippen molar-refractivity contribution in [1.82, 2.24) is 10.9 Å². The first kappa shape index (κ1) is 16.9. The highest BCUT2D eigenvalue weighted by Crippen LogP contribution is 2.15. The average Bonchev–Trinajstić information content (AvgIpc) is 2.53. The minimum atomic E-state index is -0.555. The number of thioether (sulfide) groups is 1. The highest BCUT2D eigenvalue weighted by Gasteiger charge is 2.11. The summed E-state index contributed by atoms with van der Waals surface area (Å²) >= 11 is 1.46. The number of phenols is 1. The molecule has 2 amide bonds. The van der Waals surface area contributed by atoms with Crippen LogP contribution >= 0.6 is 11.8 Å². The summed E-state index contributed by atoms with van der Waals surface area (Å²) in [6.45, 7) is 2.02. The van der Waals surface area contributed by atoms with E-state index in [-0.39, 0.29) is 23.0 Å². The van der Waals surface area contributed by atoms with Crippen molar-refractivity contribution in [3.63, 3.8) is 0 Å². The highest BCUT2D eigenvalue weighted by atomic mass is 32.2. The number of aromatic hydroxyl groups is 1. The SMILES string of the molecule is Cc1cccc(CSCC(=O)NNC(=O)c2ccccc2O)c1. The van der Waals surface area contributed by atoms with E-state index in [4.69, 9.17) is 0 Å². The highest BCUT2D eigenvalue weighted by molar-refractivity contribution is 7.99. The fraction of sp³-hybridized carbons (Fsp3) is 0.176. The molecule has 2 rings (SSSR count). The number of carbonyl (C=O) groups excluding carboxylic acids is 2. The van der Waals surface area contributed by atoms with Crippen LogP contribution in [0.25, 0.3) is 0 Å². The zero-order valence-electron chi connectivity index (χ0n) is 12.7. The Hall–Kier alpha value is -2.47. The van der Waals surface area contributed by atoms with Crippen molar-refractivity contribution in [3.05, 3.63) is 65.2 Å². The fourth-order valence-electron chi connectivity index (χ4n) is 1.96. The third-order valence-corrected chi connectivity index (χ3v) is 4.05. The summed E-state index contributed by atoms with van der Waals surface area (Å²) in [4.78, 5) is 23.5. The van der Waals surface area contributed by atoms with Crippen LogP contribution < -0.4 is 10.9 Å². The van der Waals surface area contributed by atoms with Gasteiger partial charge in [-0.05, 0) is 24.6 Å². The van der Waals surface area contributed by atoms with Crippen LogP contribution in [0.2, 0.25) is 0 Å². The summed E-state index contributed by atoms with van der Waals surface area (Å²) in [5.41, 5.74) is 7.07. The molecule has 120 valence electrons. The molecule has 2 aromatic rings. The van der Waals surface area contributed by atoms with Crippen molar-refractivity contribution >= 4 is 23.6 Å². The van der Waals surface area contributed by atoms with Gasteiger partial charge in [0.05, 0.1) is 11.3 Å². The second-order valence-electron chi connectivity index (χ2n) is 5.00. The summed E-state index contributed by atoms with van der Waals surface area (Å²) in [5, 5.41) is 9.56. The van der Waals surface area contributed by atoms with Crippen molar-refractivity contribution in [2.24, 2.45) is 0 Å². The van der Waals surface area contributed by atoms with E-state index < -0.39 is 5.91 Å². The van der Waals surface area contributed by atoms with Crippen molar-refractivity contribution in [1.29, 1.82) is 0 Å². The van der Waals surface area contributed by atoms with E-state index in [2.05, 4.69) is 16.9 Å².